The summed E-state index contributed by atoms with van der Waals surface area (Å²) in [7, 11) is 0. The summed E-state index contributed by atoms with van der Waals surface area (Å²) in [6.45, 7) is 2.08. The summed E-state index contributed by atoms with van der Waals surface area (Å²) in [5.74, 6) is 0.465. The zero-order valence-corrected chi connectivity index (χ0v) is 11.9. The first kappa shape index (κ1) is 13.4. The minimum Gasteiger partial charge on any atom is -0.355 e. The molecule has 2 N–H and O–H groups in total. The second kappa shape index (κ2) is 5.81. The highest BCUT2D eigenvalue weighted by Gasteiger charge is 2.28. The van der Waals surface area contributed by atoms with Crippen molar-refractivity contribution in [3.05, 3.63) is 35.2 Å². The lowest BCUT2D eigenvalue weighted by molar-refractivity contribution is -0.122. The van der Waals surface area contributed by atoms with Gasteiger partial charge in [-0.2, -0.15) is 0 Å². The van der Waals surface area contributed by atoms with Gasteiger partial charge in [0.2, 0.25) is 5.91 Å². The van der Waals surface area contributed by atoms with Crippen molar-refractivity contribution in [1.29, 1.82) is 0 Å². The van der Waals surface area contributed by atoms with Crippen LogP contribution in [-0.2, 0) is 11.3 Å². The van der Waals surface area contributed by atoms with E-state index in [0.717, 1.165) is 30.7 Å². The quantitative estimate of drug-likeness (QED) is 0.795. The molecule has 20 heavy (non-hydrogen) atoms. The minimum atomic E-state index is 0.189. The van der Waals surface area contributed by atoms with Crippen LogP contribution in [0.2, 0.25) is 5.02 Å². The smallest absolute Gasteiger partial charge is 0.223 e. The van der Waals surface area contributed by atoms with Crippen molar-refractivity contribution in [3.63, 3.8) is 0 Å². The van der Waals surface area contributed by atoms with Crippen LogP contribution in [0.3, 0.4) is 0 Å². The molecule has 0 saturated heterocycles. The first-order chi connectivity index (χ1) is 9.72. The minimum absolute atomic E-state index is 0.189. The fourth-order valence-corrected chi connectivity index (χ4v) is 2.25. The van der Waals surface area contributed by atoms with Gasteiger partial charge in [-0.15, -0.1) is 0 Å². The number of hydrogen-bond acceptors (Lipinski definition) is 3. The summed E-state index contributed by atoms with van der Waals surface area (Å²) in [5, 5.41) is 6.88. The number of nitrogens with zero attached hydrogens (tertiary/aromatic N) is 2. The topological polar surface area (TPSA) is 58.4 Å². The number of pyridine rings is 1. The Balaban J connectivity index is 1.43. The molecule has 2 aromatic heterocycles. The van der Waals surface area contributed by atoms with Crippen molar-refractivity contribution >= 4 is 23.2 Å². The molecule has 1 saturated carbocycles. The average Bonchev–Trinajstić information content (AvgIpc) is 3.19. The van der Waals surface area contributed by atoms with Gasteiger partial charge >= 0.3 is 0 Å². The summed E-state index contributed by atoms with van der Waals surface area (Å²) in [6, 6.07) is 3.72. The maximum Gasteiger partial charge on any atom is 0.223 e. The Kier molecular flexibility index (Phi) is 3.89. The number of fused-ring (bicyclic) bond motifs is 1. The zero-order chi connectivity index (χ0) is 13.9. The van der Waals surface area contributed by atoms with Crippen LogP contribution in [0.5, 0.6) is 0 Å². The highest BCUT2D eigenvalue weighted by atomic mass is 35.5. The van der Waals surface area contributed by atoms with Gasteiger partial charge in [0, 0.05) is 37.9 Å². The highest BCUT2D eigenvalue weighted by molar-refractivity contribution is 6.30. The molecule has 3 rings (SSSR count). The van der Waals surface area contributed by atoms with Crippen LogP contribution < -0.4 is 10.6 Å². The fraction of sp³-hybridized carbons (Fsp3) is 0.429. The van der Waals surface area contributed by atoms with Crippen molar-refractivity contribution in [1.82, 2.24) is 20.0 Å². The maximum atomic E-state index is 11.4. The molecule has 1 aliphatic carbocycles. The van der Waals surface area contributed by atoms with Gasteiger partial charge in [0.25, 0.3) is 0 Å². The van der Waals surface area contributed by atoms with E-state index in [0.29, 0.717) is 18.1 Å². The Morgan fingerprint density at radius 3 is 3.00 bits per heavy atom. The van der Waals surface area contributed by atoms with E-state index in [9.17, 15) is 4.79 Å². The summed E-state index contributed by atoms with van der Waals surface area (Å²) >= 11 is 5.93. The molecule has 6 heteroatoms. The molecule has 2 heterocycles. The van der Waals surface area contributed by atoms with E-state index >= 15 is 0 Å². The molecule has 0 radical (unpaired) electrons. The van der Waals surface area contributed by atoms with Gasteiger partial charge in [-0.05, 0) is 25.0 Å². The van der Waals surface area contributed by atoms with E-state index in [2.05, 4.69) is 15.6 Å². The molecule has 0 unspecified atom stereocenters. The van der Waals surface area contributed by atoms with Gasteiger partial charge < -0.3 is 15.0 Å². The molecular weight excluding hydrogens is 276 g/mol. The molecule has 0 aromatic carbocycles. The number of hydrogen-bond donors (Lipinski definition) is 2. The number of nitrogens with one attached hydrogen (secondary N) is 2. The van der Waals surface area contributed by atoms with Crippen molar-refractivity contribution in [2.75, 3.05) is 13.1 Å². The second-order valence-corrected chi connectivity index (χ2v) is 5.52. The molecule has 1 fully saturated rings. The van der Waals surface area contributed by atoms with Crippen molar-refractivity contribution in [2.45, 2.75) is 19.4 Å². The number of halogens is 1. The lowest BCUT2D eigenvalue weighted by Gasteiger charge is -2.04. The predicted octanol–water partition coefficient (Wildman–Crippen LogP) is 1.60. The number of carbonyl (C=O) groups is 1. The highest BCUT2D eigenvalue weighted by Crippen LogP contribution is 2.28. The monoisotopic (exact) mass is 292 g/mol. The molecule has 0 atom stereocenters. The molecule has 1 amide bonds. The SMILES string of the molecule is O=C(NCCNCc1cn2cc(Cl)ccc2n1)C1CC1. The maximum absolute atomic E-state index is 11.4. The Morgan fingerprint density at radius 1 is 1.35 bits per heavy atom. The normalized spacial score (nSPS) is 14.7. The second-order valence-electron chi connectivity index (χ2n) is 5.09. The fourth-order valence-electron chi connectivity index (χ4n) is 2.08. The Bertz CT molecular complexity index is 621. The third-order valence-electron chi connectivity index (χ3n) is 3.32. The molecule has 0 spiro atoms. The Morgan fingerprint density at radius 2 is 2.20 bits per heavy atom. The van der Waals surface area contributed by atoms with Gasteiger partial charge in [0.15, 0.2) is 0 Å². The van der Waals surface area contributed by atoms with Crippen molar-refractivity contribution in [3.8, 4) is 0 Å². The van der Waals surface area contributed by atoms with Crippen LogP contribution in [0.4, 0.5) is 0 Å². The number of imidazole rings is 1. The van der Waals surface area contributed by atoms with Gasteiger partial charge in [-0.1, -0.05) is 11.6 Å². The molecule has 106 valence electrons. The van der Waals surface area contributed by atoms with Crippen LogP contribution >= 0.6 is 11.6 Å². The van der Waals surface area contributed by atoms with Gasteiger partial charge in [0.05, 0.1) is 10.7 Å². The molecule has 1 aliphatic rings. The van der Waals surface area contributed by atoms with E-state index in [1.54, 1.807) is 0 Å². The summed E-state index contributed by atoms with van der Waals surface area (Å²) < 4.78 is 1.91. The van der Waals surface area contributed by atoms with Crippen molar-refractivity contribution in [2.24, 2.45) is 5.92 Å². The molecular formula is C14H17ClN4O. The lowest BCUT2D eigenvalue weighted by Crippen LogP contribution is -2.32. The van der Waals surface area contributed by atoms with E-state index in [1.165, 1.54) is 0 Å². The van der Waals surface area contributed by atoms with E-state index in [4.69, 9.17) is 11.6 Å². The van der Waals surface area contributed by atoms with Gasteiger partial charge in [0.1, 0.15) is 5.65 Å². The summed E-state index contributed by atoms with van der Waals surface area (Å²) in [4.78, 5) is 15.9. The lowest BCUT2D eigenvalue weighted by atomic mass is 10.4. The summed E-state index contributed by atoms with van der Waals surface area (Å²) in [6.07, 6.45) is 5.88. The Labute approximate surface area is 122 Å². The number of carbonyl (C=O) groups excluding carboxylic acids is 1. The van der Waals surface area contributed by atoms with E-state index in [-0.39, 0.29) is 11.8 Å². The van der Waals surface area contributed by atoms with Crippen LogP contribution in [-0.4, -0.2) is 28.4 Å². The zero-order valence-electron chi connectivity index (χ0n) is 11.1. The largest absolute Gasteiger partial charge is 0.355 e. The van der Waals surface area contributed by atoms with Crippen molar-refractivity contribution < 1.29 is 4.79 Å². The third-order valence-corrected chi connectivity index (χ3v) is 3.54. The predicted molar refractivity (Wildman–Crippen MR) is 77.6 cm³/mol. The van der Waals surface area contributed by atoms with Gasteiger partial charge in [-0.3, -0.25) is 4.79 Å². The van der Waals surface area contributed by atoms with Gasteiger partial charge in [-0.25, -0.2) is 4.98 Å². The Hall–Kier alpha value is -1.59. The van der Waals surface area contributed by atoms with Crippen LogP contribution in [0.1, 0.15) is 18.5 Å². The standard InChI is InChI=1S/C14H17ClN4O/c15-11-3-4-13-18-12(9-19(13)8-11)7-16-5-6-17-14(20)10-1-2-10/h3-4,8-10,16H,1-2,5-7H2,(H,17,20). The first-order valence-corrected chi connectivity index (χ1v) is 7.22. The summed E-state index contributed by atoms with van der Waals surface area (Å²) in [5.41, 5.74) is 1.84. The van der Waals surface area contributed by atoms with E-state index in [1.807, 2.05) is 28.9 Å². The first-order valence-electron chi connectivity index (χ1n) is 6.84. The van der Waals surface area contributed by atoms with Crippen LogP contribution in [0.15, 0.2) is 24.5 Å². The molecule has 2 aromatic rings. The molecule has 0 aliphatic heterocycles. The number of rotatable bonds is 6. The van der Waals surface area contributed by atoms with E-state index < -0.39 is 0 Å². The molecule has 5 nitrogen and oxygen atoms in total. The third kappa shape index (κ3) is 3.29. The molecule has 0 bridgehead atoms. The number of amides is 1. The average molecular weight is 293 g/mol. The van der Waals surface area contributed by atoms with Crippen LogP contribution in [0, 0.1) is 5.92 Å². The van der Waals surface area contributed by atoms with Crippen LogP contribution in [0.25, 0.3) is 5.65 Å². The number of aromatic nitrogens is 2.